The van der Waals surface area contributed by atoms with Crippen molar-refractivity contribution in [1.82, 2.24) is 15.4 Å². The average Bonchev–Trinajstić information content (AvgIpc) is 2.84. The van der Waals surface area contributed by atoms with Crippen LogP contribution in [-0.2, 0) is 11.3 Å². The second-order valence-corrected chi connectivity index (χ2v) is 4.83. The van der Waals surface area contributed by atoms with E-state index in [9.17, 15) is 9.59 Å². The Labute approximate surface area is 124 Å². The molecule has 0 saturated heterocycles. The van der Waals surface area contributed by atoms with Crippen LogP contribution in [0.3, 0.4) is 0 Å². The fourth-order valence-electron chi connectivity index (χ4n) is 2.18. The number of hydrogen-bond donors (Lipinski definition) is 1. The lowest BCUT2D eigenvalue weighted by Gasteiger charge is -2.06. The number of aryl methyl sites for hydroxylation is 2. The van der Waals surface area contributed by atoms with Gasteiger partial charge in [-0.1, -0.05) is 23.4 Å². The number of benzene rings is 1. The lowest BCUT2D eigenvalue weighted by Crippen LogP contribution is -2.16. The van der Waals surface area contributed by atoms with E-state index in [4.69, 9.17) is 9.26 Å². The van der Waals surface area contributed by atoms with Crippen LogP contribution in [0.25, 0.3) is 10.8 Å². The van der Waals surface area contributed by atoms with Crippen molar-refractivity contribution in [2.24, 2.45) is 0 Å². The molecule has 3 rings (SSSR count). The van der Waals surface area contributed by atoms with Gasteiger partial charge in [-0.2, -0.15) is 5.10 Å². The van der Waals surface area contributed by atoms with E-state index in [-0.39, 0.29) is 17.9 Å². The monoisotopic (exact) mass is 299 g/mol. The number of hydrogen-bond acceptors (Lipinski definition) is 6. The number of aromatic nitrogens is 3. The fourth-order valence-corrected chi connectivity index (χ4v) is 2.18. The van der Waals surface area contributed by atoms with Gasteiger partial charge in [-0.05, 0) is 19.9 Å². The number of carbonyl (C=O) groups is 1. The Morgan fingerprint density at radius 2 is 2.00 bits per heavy atom. The Kier molecular flexibility index (Phi) is 3.46. The number of nitrogens with one attached hydrogen (secondary N) is 1. The van der Waals surface area contributed by atoms with Crippen LogP contribution in [0, 0.1) is 13.8 Å². The van der Waals surface area contributed by atoms with Gasteiger partial charge in [0.15, 0.2) is 5.69 Å². The van der Waals surface area contributed by atoms with Crippen LogP contribution in [0.1, 0.15) is 27.5 Å². The lowest BCUT2D eigenvalue weighted by molar-refractivity contribution is 0.0465. The zero-order valence-electron chi connectivity index (χ0n) is 12.0. The molecule has 2 heterocycles. The Bertz CT molecular complexity index is 891. The Morgan fingerprint density at radius 1 is 1.27 bits per heavy atom. The van der Waals surface area contributed by atoms with Crippen LogP contribution in [0.2, 0.25) is 0 Å². The van der Waals surface area contributed by atoms with Crippen LogP contribution in [0.4, 0.5) is 0 Å². The van der Waals surface area contributed by atoms with Crippen molar-refractivity contribution in [1.29, 1.82) is 0 Å². The van der Waals surface area contributed by atoms with E-state index in [1.807, 2.05) is 0 Å². The second-order valence-electron chi connectivity index (χ2n) is 4.83. The van der Waals surface area contributed by atoms with Crippen molar-refractivity contribution in [2.45, 2.75) is 20.5 Å². The van der Waals surface area contributed by atoms with E-state index in [2.05, 4.69) is 15.4 Å². The van der Waals surface area contributed by atoms with Crippen molar-refractivity contribution in [3.8, 4) is 0 Å². The first kappa shape index (κ1) is 14.0. The minimum atomic E-state index is -0.618. The van der Waals surface area contributed by atoms with Crippen molar-refractivity contribution < 1.29 is 14.1 Å². The molecule has 0 atom stereocenters. The van der Waals surface area contributed by atoms with Gasteiger partial charge in [0.05, 0.1) is 16.6 Å². The SMILES string of the molecule is Cc1noc(C)c1COC(=O)c1n[nH]c(=O)c2ccccc12. The van der Waals surface area contributed by atoms with E-state index in [1.54, 1.807) is 38.1 Å². The maximum atomic E-state index is 12.2. The summed E-state index contributed by atoms with van der Waals surface area (Å²) in [6.07, 6.45) is 0. The van der Waals surface area contributed by atoms with Gasteiger partial charge < -0.3 is 9.26 Å². The normalized spacial score (nSPS) is 10.8. The molecular formula is C15H13N3O4. The molecule has 1 N–H and O–H groups in total. The molecule has 3 aromatic rings. The smallest absolute Gasteiger partial charge is 0.359 e. The Morgan fingerprint density at radius 3 is 2.68 bits per heavy atom. The highest BCUT2D eigenvalue weighted by molar-refractivity contribution is 6.01. The molecule has 7 nitrogen and oxygen atoms in total. The van der Waals surface area contributed by atoms with E-state index in [1.165, 1.54) is 0 Å². The van der Waals surface area contributed by atoms with Crippen LogP contribution in [0.15, 0.2) is 33.6 Å². The predicted octanol–water partition coefficient (Wildman–Crippen LogP) is 1.88. The standard InChI is InChI=1S/C15H13N3O4/c1-8-12(9(2)22-18-8)7-21-15(20)13-10-5-3-4-6-11(10)14(19)17-16-13/h3-6H,7H2,1-2H3,(H,17,19). The molecule has 0 aliphatic carbocycles. The first-order valence-corrected chi connectivity index (χ1v) is 6.64. The maximum absolute atomic E-state index is 12.2. The highest BCUT2D eigenvalue weighted by atomic mass is 16.5. The van der Waals surface area contributed by atoms with Gasteiger partial charge in [0.25, 0.3) is 5.56 Å². The summed E-state index contributed by atoms with van der Waals surface area (Å²) in [6.45, 7) is 3.55. The molecule has 112 valence electrons. The van der Waals surface area contributed by atoms with Gasteiger partial charge in [-0.3, -0.25) is 4.79 Å². The van der Waals surface area contributed by atoms with Crippen LogP contribution >= 0.6 is 0 Å². The van der Waals surface area contributed by atoms with Crippen molar-refractivity contribution in [3.05, 3.63) is 57.3 Å². The number of aromatic amines is 1. The van der Waals surface area contributed by atoms with Gasteiger partial charge in [0.2, 0.25) is 0 Å². The first-order chi connectivity index (χ1) is 10.6. The Hall–Kier alpha value is -2.96. The van der Waals surface area contributed by atoms with E-state index in [0.29, 0.717) is 22.2 Å². The van der Waals surface area contributed by atoms with Crippen molar-refractivity contribution >= 4 is 16.7 Å². The molecule has 0 fully saturated rings. The lowest BCUT2D eigenvalue weighted by atomic mass is 10.1. The molecule has 22 heavy (non-hydrogen) atoms. The molecule has 2 aromatic heterocycles. The predicted molar refractivity (Wildman–Crippen MR) is 77.5 cm³/mol. The zero-order valence-corrected chi connectivity index (χ0v) is 12.0. The molecule has 0 spiro atoms. The first-order valence-electron chi connectivity index (χ1n) is 6.64. The van der Waals surface area contributed by atoms with Gasteiger partial charge in [0.1, 0.15) is 12.4 Å². The third kappa shape index (κ3) is 2.37. The largest absolute Gasteiger partial charge is 0.456 e. The molecule has 7 heteroatoms. The van der Waals surface area contributed by atoms with E-state index in [0.717, 1.165) is 5.56 Å². The number of esters is 1. The van der Waals surface area contributed by atoms with Gasteiger partial charge in [-0.15, -0.1) is 0 Å². The van der Waals surface area contributed by atoms with Gasteiger partial charge in [0, 0.05) is 5.39 Å². The zero-order chi connectivity index (χ0) is 15.7. The highest BCUT2D eigenvalue weighted by Gasteiger charge is 2.17. The van der Waals surface area contributed by atoms with E-state index >= 15 is 0 Å². The van der Waals surface area contributed by atoms with Crippen LogP contribution in [-0.4, -0.2) is 21.3 Å². The van der Waals surface area contributed by atoms with E-state index < -0.39 is 5.97 Å². The molecule has 0 amide bonds. The number of ether oxygens (including phenoxy) is 1. The molecule has 1 aromatic carbocycles. The topological polar surface area (TPSA) is 98.1 Å². The minimum absolute atomic E-state index is 0.0368. The molecule has 0 unspecified atom stereocenters. The molecule has 0 aliphatic heterocycles. The second kappa shape index (κ2) is 5.44. The maximum Gasteiger partial charge on any atom is 0.359 e. The minimum Gasteiger partial charge on any atom is -0.456 e. The summed E-state index contributed by atoms with van der Waals surface area (Å²) in [5, 5.41) is 10.7. The molecule has 0 saturated carbocycles. The van der Waals surface area contributed by atoms with Crippen molar-refractivity contribution in [2.75, 3.05) is 0 Å². The van der Waals surface area contributed by atoms with Crippen LogP contribution < -0.4 is 5.56 Å². The van der Waals surface area contributed by atoms with Crippen molar-refractivity contribution in [3.63, 3.8) is 0 Å². The Balaban J connectivity index is 1.90. The summed E-state index contributed by atoms with van der Waals surface area (Å²) in [4.78, 5) is 23.9. The summed E-state index contributed by atoms with van der Waals surface area (Å²) >= 11 is 0. The summed E-state index contributed by atoms with van der Waals surface area (Å²) < 4.78 is 10.3. The highest BCUT2D eigenvalue weighted by Crippen LogP contribution is 2.16. The summed E-state index contributed by atoms with van der Waals surface area (Å²) in [5.41, 5.74) is 1.12. The number of H-pyrrole nitrogens is 1. The number of rotatable bonds is 3. The molecule has 0 radical (unpaired) electrons. The fraction of sp³-hybridized carbons (Fsp3) is 0.200. The average molecular weight is 299 g/mol. The number of carbonyl (C=O) groups excluding carboxylic acids is 1. The quantitative estimate of drug-likeness (QED) is 0.741. The number of nitrogens with zero attached hydrogens (tertiary/aromatic N) is 2. The van der Waals surface area contributed by atoms with Crippen LogP contribution in [0.5, 0.6) is 0 Å². The molecular weight excluding hydrogens is 286 g/mol. The number of fused-ring (bicyclic) bond motifs is 1. The van der Waals surface area contributed by atoms with Gasteiger partial charge in [-0.25, -0.2) is 9.89 Å². The third-order valence-electron chi connectivity index (χ3n) is 3.42. The molecule has 0 aliphatic rings. The summed E-state index contributed by atoms with van der Waals surface area (Å²) in [6, 6.07) is 6.73. The van der Waals surface area contributed by atoms with Gasteiger partial charge >= 0.3 is 5.97 Å². The molecule has 0 bridgehead atoms. The summed E-state index contributed by atoms with van der Waals surface area (Å²) in [7, 11) is 0. The summed E-state index contributed by atoms with van der Waals surface area (Å²) in [5.74, 6) is -0.0166. The third-order valence-corrected chi connectivity index (χ3v) is 3.42.